The van der Waals surface area contributed by atoms with Crippen molar-refractivity contribution in [1.29, 1.82) is 0 Å². The van der Waals surface area contributed by atoms with E-state index in [4.69, 9.17) is 9.26 Å². The van der Waals surface area contributed by atoms with Crippen molar-refractivity contribution >= 4 is 0 Å². The Balaban J connectivity index is 2.05. The highest BCUT2D eigenvalue weighted by atomic mass is 16.5. The van der Waals surface area contributed by atoms with Crippen LogP contribution < -0.4 is 10.1 Å². The number of nitrogens with zero attached hydrogens (tertiary/aromatic N) is 3. The highest BCUT2D eigenvalue weighted by Gasteiger charge is 2.08. The van der Waals surface area contributed by atoms with Gasteiger partial charge >= 0.3 is 0 Å². The van der Waals surface area contributed by atoms with Gasteiger partial charge in [-0.1, -0.05) is 12.1 Å². The maximum absolute atomic E-state index is 5.70. The van der Waals surface area contributed by atoms with E-state index in [1.807, 2.05) is 19.1 Å². The van der Waals surface area contributed by atoms with Crippen LogP contribution in [0.3, 0.4) is 0 Å². The van der Waals surface area contributed by atoms with Crippen molar-refractivity contribution in [2.45, 2.75) is 33.9 Å². The zero-order valence-electron chi connectivity index (χ0n) is 11.4. The number of hydrogen-bond donors (Lipinski definition) is 1. The van der Waals surface area contributed by atoms with Gasteiger partial charge in [0.2, 0.25) is 11.7 Å². The molecule has 0 amide bonds. The number of aromatic nitrogens is 3. The van der Waals surface area contributed by atoms with Gasteiger partial charge in [-0.2, -0.15) is 4.98 Å². The van der Waals surface area contributed by atoms with Gasteiger partial charge in [0, 0.05) is 19.2 Å². The Hall–Kier alpha value is -1.95. The molecule has 0 aliphatic carbocycles. The van der Waals surface area contributed by atoms with Crippen molar-refractivity contribution in [2.75, 3.05) is 6.54 Å². The van der Waals surface area contributed by atoms with Crippen LogP contribution in [0.4, 0.5) is 0 Å². The van der Waals surface area contributed by atoms with Gasteiger partial charge in [-0.15, -0.1) is 0 Å². The van der Waals surface area contributed by atoms with Gasteiger partial charge in [0.05, 0.1) is 5.69 Å². The number of pyridine rings is 1. The maximum Gasteiger partial charge on any atom is 0.223 e. The molecule has 0 spiro atoms. The van der Waals surface area contributed by atoms with Crippen molar-refractivity contribution in [3.05, 3.63) is 35.2 Å². The first-order chi connectivity index (χ1) is 9.19. The minimum Gasteiger partial charge on any atom is -0.484 e. The molecule has 0 unspecified atom stereocenters. The number of hydrogen-bond acceptors (Lipinski definition) is 6. The topological polar surface area (TPSA) is 73.1 Å². The van der Waals surface area contributed by atoms with Crippen LogP contribution in [0.2, 0.25) is 0 Å². The smallest absolute Gasteiger partial charge is 0.223 e. The molecule has 102 valence electrons. The van der Waals surface area contributed by atoms with E-state index in [9.17, 15) is 0 Å². The number of rotatable bonds is 6. The molecule has 6 heteroatoms. The molecule has 0 radical (unpaired) electrons. The van der Waals surface area contributed by atoms with Gasteiger partial charge < -0.3 is 14.6 Å². The molecule has 6 nitrogen and oxygen atoms in total. The first kappa shape index (κ1) is 13.5. The van der Waals surface area contributed by atoms with Gasteiger partial charge in [0.15, 0.2) is 6.61 Å². The van der Waals surface area contributed by atoms with E-state index in [2.05, 4.69) is 27.4 Å². The third-order valence-corrected chi connectivity index (χ3v) is 2.54. The Kier molecular flexibility index (Phi) is 4.46. The predicted molar refractivity (Wildman–Crippen MR) is 69.7 cm³/mol. The first-order valence-electron chi connectivity index (χ1n) is 6.28. The molecular formula is C13H18N4O2. The van der Waals surface area contributed by atoms with Crippen LogP contribution in [-0.4, -0.2) is 21.7 Å². The molecule has 0 aliphatic heterocycles. The van der Waals surface area contributed by atoms with E-state index < -0.39 is 0 Å². The molecule has 0 saturated heterocycles. The van der Waals surface area contributed by atoms with Gasteiger partial charge in [0.1, 0.15) is 5.75 Å². The van der Waals surface area contributed by atoms with Gasteiger partial charge in [-0.25, -0.2) is 0 Å². The molecule has 2 aromatic heterocycles. The monoisotopic (exact) mass is 262 g/mol. The van der Waals surface area contributed by atoms with E-state index in [-0.39, 0.29) is 6.61 Å². The second-order valence-electron chi connectivity index (χ2n) is 4.20. The molecule has 0 atom stereocenters. The minimum atomic E-state index is 0.279. The molecule has 2 rings (SSSR count). The zero-order valence-corrected chi connectivity index (χ0v) is 11.4. The maximum atomic E-state index is 5.70. The molecule has 2 heterocycles. The van der Waals surface area contributed by atoms with Crippen LogP contribution in [0.1, 0.15) is 30.0 Å². The predicted octanol–water partition coefficient (Wildman–Crippen LogP) is 1.77. The molecule has 0 fully saturated rings. The Labute approximate surface area is 112 Å². The summed E-state index contributed by atoms with van der Waals surface area (Å²) < 4.78 is 10.6. The summed E-state index contributed by atoms with van der Waals surface area (Å²) in [5.41, 5.74) is 1.86. The molecule has 0 aromatic carbocycles. The van der Waals surface area contributed by atoms with Crippen molar-refractivity contribution in [1.82, 2.24) is 20.4 Å². The lowest BCUT2D eigenvalue weighted by Crippen LogP contribution is -2.14. The van der Waals surface area contributed by atoms with Crippen LogP contribution in [0, 0.1) is 13.8 Å². The van der Waals surface area contributed by atoms with Gasteiger partial charge in [-0.3, -0.25) is 4.98 Å². The second-order valence-corrected chi connectivity index (χ2v) is 4.20. The molecule has 0 bridgehead atoms. The summed E-state index contributed by atoms with van der Waals surface area (Å²) in [4.78, 5) is 8.57. The van der Waals surface area contributed by atoms with Crippen LogP contribution >= 0.6 is 0 Å². The summed E-state index contributed by atoms with van der Waals surface area (Å²) >= 11 is 0. The highest BCUT2D eigenvalue weighted by molar-refractivity contribution is 5.29. The number of ether oxygens (including phenoxy) is 1. The van der Waals surface area contributed by atoms with Crippen molar-refractivity contribution in [2.24, 2.45) is 0 Å². The van der Waals surface area contributed by atoms with Gasteiger partial charge in [-0.05, 0) is 25.6 Å². The third-order valence-electron chi connectivity index (χ3n) is 2.54. The first-order valence-corrected chi connectivity index (χ1v) is 6.28. The summed E-state index contributed by atoms with van der Waals surface area (Å²) in [5, 5.41) is 7.04. The van der Waals surface area contributed by atoms with Crippen LogP contribution in [-0.2, 0) is 13.2 Å². The van der Waals surface area contributed by atoms with Gasteiger partial charge in [0.25, 0.3) is 0 Å². The summed E-state index contributed by atoms with van der Waals surface area (Å²) in [7, 11) is 0. The number of nitrogens with one attached hydrogen (secondary N) is 1. The molecule has 0 aliphatic rings. The zero-order chi connectivity index (χ0) is 13.7. The fraction of sp³-hybridized carbons (Fsp3) is 0.462. The van der Waals surface area contributed by atoms with E-state index in [0.717, 1.165) is 23.7 Å². The summed E-state index contributed by atoms with van der Waals surface area (Å²) in [6.07, 6.45) is 0. The summed E-state index contributed by atoms with van der Waals surface area (Å²) in [5.74, 6) is 1.81. The number of aryl methyl sites for hydroxylation is 2. The Morgan fingerprint density at radius 1 is 1.26 bits per heavy atom. The largest absolute Gasteiger partial charge is 0.484 e. The van der Waals surface area contributed by atoms with Crippen molar-refractivity contribution in [3.63, 3.8) is 0 Å². The third kappa shape index (κ3) is 3.75. The van der Waals surface area contributed by atoms with Crippen LogP contribution in [0.25, 0.3) is 0 Å². The standard InChI is InChI=1S/C13H18N4O2/c1-4-14-7-11-12(6-5-9(2)15-11)18-8-13-16-10(3)19-17-13/h5-6,14H,4,7-8H2,1-3H3. The Bertz CT molecular complexity index is 539. The highest BCUT2D eigenvalue weighted by Crippen LogP contribution is 2.18. The molecular weight excluding hydrogens is 244 g/mol. The normalized spacial score (nSPS) is 10.7. The second kappa shape index (κ2) is 6.29. The van der Waals surface area contributed by atoms with Crippen LogP contribution in [0.15, 0.2) is 16.7 Å². The summed E-state index contributed by atoms with van der Waals surface area (Å²) in [6, 6.07) is 3.84. The molecule has 2 aromatic rings. The molecule has 19 heavy (non-hydrogen) atoms. The Morgan fingerprint density at radius 2 is 2.11 bits per heavy atom. The lowest BCUT2D eigenvalue weighted by Gasteiger charge is -2.10. The Morgan fingerprint density at radius 3 is 2.79 bits per heavy atom. The minimum absolute atomic E-state index is 0.279. The average Bonchev–Trinajstić information content (AvgIpc) is 2.81. The fourth-order valence-corrected chi connectivity index (χ4v) is 1.64. The van der Waals surface area contributed by atoms with E-state index >= 15 is 0 Å². The van der Waals surface area contributed by atoms with E-state index in [1.165, 1.54) is 0 Å². The molecule has 0 saturated carbocycles. The quantitative estimate of drug-likeness (QED) is 0.855. The fourth-order valence-electron chi connectivity index (χ4n) is 1.64. The lowest BCUT2D eigenvalue weighted by molar-refractivity contribution is 0.281. The van der Waals surface area contributed by atoms with E-state index in [0.29, 0.717) is 18.3 Å². The van der Waals surface area contributed by atoms with Crippen molar-refractivity contribution < 1.29 is 9.26 Å². The average molecular weight is 262 g/mol. The SMILES string of the molecule is CCNCc1nc(C)ccc1OCc1noc(C)n1. The summed E-state index contributed by atoms with van der Waals surface area (Å²) in [6.45, 7) is 7.61. The lowest BCUT2D eigenvalue weighted by atomic mass is 10.3. The van der Waals surface area contributed by atoms with E-state index in [1.54, 1.807) is 6.92 Å². The molecule has 1 N–H and O–H groups in total. The van der Waals surface area contributed by atoms with Crippen molar-refractivity contribution in [3.8, 4) is 5.75 Å². The van der Waals surface area contributed by atoms with Crippen LogP contribution in [0.5, 0.6) is 5.75 Å².